The van der Waals surface area contributed by atoms with E-state index in [4.69, 9.17) is 4.74 Å². The van der Waals surface area contributed by atoms with E-state index in [0.717, 1.165) is 23.5 Å². The molecule has 0 aliphatic carbocycles. The summed E-state index contributed by atoms with van der Waals surface area (Å²) in [6.07, 6.45) is 2.56. The number of benzene rings is 3. The summed E-state index contributed by atoms with van der Waals surface area (Å²) in [5.41, 5.74) is 3.82. The van der Waals surface area contributed by atoms with Crippen LogP contribution in [0.25, 0.3) is 17.1 Å². The van der Waals surface area contributed by atoms with Crippen molar-refractivity contribution in [3.63, 3.8) is 0 Å². The van der Waals surface area contributed by atoms with Gasteiger partial charge in [-0.15, -0.1) is 10.2 Å². The Morgan fingerprint density at radius 2 is 1.67 bits per heavy atom. The maximum Gasteiger partial charge on any atom is 0.234 e. The number of para-hydroxylation sites is 2. The van der Waals surface area contributed by atoms with Gasteiger partial charge in [-0.1, -0.05) is 54.2 Å². The molecule has 5 rings (SSSR count). The fraction of sp³-hybridized carbons (Fsp3) is 0.250. The Morgan fingerprint density at radius 1 is 0.944 bits per heavy atom. The Hall–Kier alpha value is -3.62. The monoisotopic (exact) mass is 499 g/mol. The highest BCUT2D eigenvalue weighted by atomic mass is 32.2. The number of likely N-dealkylation sites (tertiary alicyclic amines) is 1. The smallest absolute Gasteiger partial charge is 0.234 e. The Bertz CT molecular complexity index is 1300. The van der Waals surface area contributed by atoms with Gasteiger partial charge in [-0.25, -0.2) is 0 Å². The van der Waals surface area contributed by atoms with Crippen LogP contribution in [0.5, 0.6) is 5.75 Å². The van der Waals surface area contributed by atoms with E-state index in [-0.39, 0.29) is 11.7 Å². The summed E-state index contributed by atoms with van der Waals surface area (Å²) in [6.45, 7) is 3.30. The highest BCUT2D eigenvalue weighted by molar-refractivity contribution is 7.99. The van der Waals surface area contributed by atoms with Crippen LogP contribution in [0.1, 0.15) is 18.4 Å². The Balaban J connectivity index is 1.29. The van der Waals surface area contributed by atoms with Gasteiger partial charge in [-0.05, 0) is 67.9 Å². The predicted molar refractivity (Wildman–Crippen MR) is 144 cm³/mol. The van der Waals surface area contributed by atoms with E-state index in [1.165, 1.54) is 43.3 Å². The van der Waals surface area contributed by atoms with E-state index >= 15 is 0 Å². The molecule has 0 radical (unpaired) electrons. The first-order valence-corrected chi connectivity index (χ1v) is 13.1. The summed E-state index contributed by atoms with van der Waals surface area (Å²) in [6, 6.07) is 25.7. The van der Waals surface area contributed by atoms with Crippen LogP contribution in [0, 0.1) is 0 Å². The van der Waals surface area contributed by atoms with Crippen LogP contribution < -0.4 is 10.1 Å². The minimum Gasteiger partial charge on any atom is -0.496 e. The molecule has 36 heavy (non-hydrogen) atoms. The quantitative estimate of drug-likeness (QED) is 0.316. The standard InChI is InChI=1S/C28H29N5O2S/c1-35-25-12-6-5-11-24(25)27-30-31-28(33(27)23-9-3-2-4-10-23)36-20-26(34)29-22-15-13-21(14-16-22)19-32-17-7-8-18-32/h2-6,9-16H,7-8,17-20H2,1H3,(H,29,34). The van der Waals surface area contributed by atoms with E-state index in [9.17, 15) is 4.79 Å². The second-order valence-electron chi connectivity index (χ2n) is 8.69. The van der Waals surface area contributed by atoms with Gasteiger partial charge in [0, 0.05) is 17.9 Å². The summed E-state index contributed by atoms with van der Waals surface area (Å²) in [5, 5.41) is 12.5. The molecule has 0 bridgehead atoms. The van der Waals surface area contributed by atoms with Crippen LogP contribution in [0.3, 0.4) is 0 Å². The van der Waals surface area contributed by atoms with Crippen molar-refractivity contribution >= 4 is 23.4 Å². The predicted octanol–water partition coefficient (Wildman–Crippen LogP) is 5.27. The minimum atomic E-state index is -0.0891. The van der Waals surface area contributed by atoms with E-state index in [0.29, 0.717) is 16.7 Å². The molecule has 0 unspecified atom stereocenters. The molecule has 1 saturated heterocycles. The molecule has 1 amide bonds. The fourth-order valence-corrected chi connectivity index (χ4v) is 5.15. The minimum absolute atomic E-state index is 0.0891. The van der Waals surface area contributed by atoms with Gasteiger partial charge in [0.25, 0.3) is 0 Å². The Morgan fingerprint density at radius 3 is 2.42 bits per heavy atom. The number of hydrogen-bond acceptors (Lipinski definition) is 6. The number of anilines is 1. The number of methoxy groups -OCH3 is 1. The van der Waals surface area contributed by atoms with E-state index in [2.05, 4.69) is 32.5 Å². The number of ether oxygens (including phenoxy) is 1. The second kappa shape index (κ2) is 11.4. The summed E-state index contributed by atoms with van der Waals surface area (Å²) in [7, 11) is 1.64. The number of carbonyl (C=O) groups excluding carboxylic acids is 1. The van der Waals surface area contributed by atoms with Gasteiger partial charge in [0.15, 0.2) is 11.0 Å². The molecule has 1 aliphatic heterocycles. The molecule has 2 heterocycles. The molecular formula is C28H29N5O2S. The highest BCUT2D eigenvalue weighted by Gasteiger charge is 2.20. The molecule has 0 saturated carbocycles. The van der Waals surface area contributed by atoms with Crippen LogP contribution in [-0.4, -0.2) is 51.5 Å². The number of nitrogens with zero attached hydrogens (tertiary/aromatic N) is 4. The third-order valence-electron chi connectivity index (χ3n) is 6.17. The van der Waals surface area contributed by atoms with Crippen LogP contribution in [0.15, 0.2) is 84.0 Å². The first-order chi connectivity index (χ1) is 17.7. The third kappa shape index (κ3) is 5.61. The first kappa shape index (κ1) is 24.1. The molecule has 0 atom stereocenters. The molecule has 8 heteroatoms. The topological polar surface area (TPSA) is 72.3 Å². The molecular weight excluding hydrogens is 470 g/mol. The Kier molecular flexibility index (Phi) is 7.64. The number of rotatable bonds is 9. The largest absolute Gasteiger partial charge is 0.496 e. The van der Waals surface area contributed by atoms with E-state index in [1.54, 1.807) is 7.11 Å². The van der Waals surface area contributed by atoms with Crippen molar-refractivity contribution in [3.8, 4) is 22.8 Å². The molecule has 4 aromatic rings. The second-order valence-corrected chi connectivity index (χ2v) is 9.64. The fourth-order valence-electron chi connectivity index (χ4n) is 4.40. The number of thioether (sulfide) groups is 1. The van der Waals surface area contributed by atoms with Gasteiger partial charge in [0.2, 0.25) is 5.91 Å². The summed E-state index contributed by atoms with van der Waals surface area (Å²) in [5.74, 6) is 1.50. The van der Waals surface area contributed by atoms with E-state index < -0.39 is 0 Å². The first-order valence-electron chi connectivity index (χ1n) is 12.1. The summed E-state index contributed by atoms with van der Waals surface area (Å²) < 4.78 is 7.52. The average molecular weight is 500 g/mol. The molecule has 0 spiro atoms. The van der Waals surface area contributed by atoms with Gasteiger partial charge in [-0.3, -0.25) is 14.3 Å². The molecule has 1 N–H and O–H groups in total. The molecule has 1 aromatic heterocycles. The lowest BCUT2D eigenvalue weighted by Crippen LogP contribution is -2.18. The molecule has 1 aliphatic rings. The molecule has 1 fully saturated rings. The van der Waals surface area contributed by atoms with Crippen molar-refractivity contribution < 1.29 is 9.53 Å². The SMILES string of the molecule is COc1ccccc1-c1nnc(SCC(=O)Nc2ccc(CN3CCCC3)cc2)n1-c1ccccc1. The molecule has 184 valence electrons. The van der Waals surface area contributed by atoms with Crippen molar-refractivity contribution in [2.75, 3.05) is 31.3 Å². The van der Waals surface area contributed by atoms with Crippen LogP contribution >= 0.6 is 11.8 Å². The van der Waals surface area contributed by atoms with Gasteiger partial charge in [0.05, 0.1) is 18.4 Å². The van der Waals surface area contributed by atoms with Crippen LogP contribution in [0.4, 0.5) is 5.69 Å². The highest BCUT2D eigenvalue weighted by Crippen LogP contribution is 2.33. The van der Waals surface area contributed by atoms with Gasteiger partial charge in [-0.2, -0.15) is 0 Å². The number of nitrogens with one attached hydrogen (secondary N) is 1. The molecule has 7 nitrogen and oxygen atoms in total. The number of amides is 1. The molecule has 3 aromatic carbocycles. The maximum atomic E-state index is 12.8. The average Bonchev–Trinajstić information content (AvgIpc) is 3.59. The zero-order valence-corrected chi connectivity index (χ0v) is 21.1. The van der Waals surface area contributed by atoms with Crippen molar-refractivity contribution in [1.29, 1.82) is 0 Å². The normalized spacial score (nSPS) is 13.6. The third-order valence-corrected chi connectivity index (χ3v) is 7.10. The zero-order valence-electron chi connectivity index (χ0n) is 20.3. The number of carbonyl (C=O) groups is 1. The van der Waals surface area contributed by atoms with Crippen molar-refractivity contribution in [1.82, 2.24) is 19.7 Å². The van der Waals surface area contributed by atoms with Gasteiger partial charge >= 0.3 is 0 Å². The lowest BCUT2D eigenvalue weighted by atomic mass is 10.2. The van der Waals surface area contributed by atoms with Gasteiger partial charge in [0.1, 0.15) is 5.75 Å². The van der Waals surface area contributed by atoms with Crippen molar-refractivity contribution in [3.05, 3.63) is 84.4 Å². The summed E-state index contributed by atoms with van der Waals surface area (Å²) >= 11 is 1.35. The summed E-state index contributed by atoms with van der Waals surface area (Å²) in [4.78, 5) is 15.2. The Labute approximate surface area is 215 Å². The van der Waals surface area contributed by atoms with Crippen molar-refractivity contribution in [2.45, 2.75) is 24.5 Å². The maximum absolute atomic E-state index is 12.8. The number of aromatic nitrogens is 3. The zero-order chi connectivity index (χ0) is 24.7. The van der Waals surface area contributed by atoms with Crippen LogP contribution in [-0.2, 0) is 11.3 Å². The lowest BCUT2D eigenvalue weighted by Gasteiger charge is -2.15. The van der Waals surface area contributed by atoms with Crippen molar-refractivity contribution in [2.24, 2.45) is 0 Å². The van der Waals surface area contributed by atoms with Crippen LogP contribution in [0.2, 0.25) is 0 Å². The number of hydrogen-bond donors (Lipinski definition) is 1. The lowest BCUT2D eigenvalue weighted by molar-refractivity contribution is -0.113. The van der Waals surface area contributed by atoms with Gasteiger partial charge < -0.3 is 10.1 Å². The van der Waals surface area contributed by atoms with E-state index in [1.807, 2.05) is 71.3 Å².